The third-order valence-electron chi connectivity index (χ3n) is 5.31. The first-order chi connectivity index (χ1) is 12.5. The zero-order valence-corrected chi connectivity index (χ0v) is 16.0. The summed E-state index contributed by atoms with van der Waals surface area (Å²) in [5.41, 5.74) is -1.17. The summed E-state index contributed by atoms with van der Waals surface area (Å²) in [6, 6.07) is 2.11. The Bertz CT molecular complexity index is 692. The van der Waals surface area contributed by atoms with Crippen molar-refractivity contribution >= 4 is 11.9 Å². The first-order valence-electron chi connectivity index (χ1n) is 9.24. The number of likely N-dealkylation sites (tertiary alicyclic amines) is 1. The molecule has 3 rings (SSSR count). The highest BCUT2D eigenvalue weighted by atomic mass is 19.4. The molecular formula is C19H26F3N3O2. The van der Waals surface area contributed by atoms with Gasteiger partial charge in [-0.3, -0.25) is 0 Å². The van der Waals surface area contributed by atoms with Gasteiger partial charge in [0.15, 0.2) is 0 Å². The minimum absolute atomic E-state index is 0.0223. The predicted octanol–water partition coefficient (Wildman–Crippen LogP) is 4.33. The van der Waals surface area contributed by atoms with Crippen molar-refractivity contribution in [1.29, 1.82) is 0 Å². The van der Waals surface area contributed by atoms with Crippen molar-refractivity contribution < 1.29 is 22.7 Å². The molecular weight excluding hydrogens is 359 g/mol. The van der Waals surface area contributed by atoms with Crippen molar-refractivity contribution in [2.75, 3.05) is 31.1 Å². The van der Waals surface area contributed by atoms with Gasteiger partial charge < -0.3 is 14.5 Å². The molecule has 2 aliphatic rings. The Kier molecular flexibility index (Phi) is 5.03. The first-order valence-corrected chi connectivity index (χ1v) is 9.24. The number of ether oxygens (including phenoxy) is 1. The van der Waals surface area contributed by atoms with Crippen molar-refractivity contribution in [3.8, 4) is 0 Å². The molecule has 0 N–H and O–H groups in total. The molecule has 0 aliphatic carbocycles. The van der Waals surface area contributed by atoms with Crippen LogP contribution in [0.25, 0.3) is 0 Å². The van der Waals surface area contributed by atoms with Gasteiger partial charge in [0.25, 0.3) is 0 Å². The lowest BCUT2D eigenvalue weighted by Gasteiger charge is -2.39. The highest BCUT2D eigenvalue weighted by Gasteiger charge is 2.42. The third kappa shape index (κ3) is 4.65. The maximum atomic E-state index is 12.9. The Labute approximate surface area is 157 Å². The van der Waals surface area contributed by atoms with Gasteiger partial charge >= 0.3 is 12.3 Å². The van der Waals surface area contributed by atoms with Gasteiger partial charge in [0, 0.05) is 32.4 Å². The topological polar surface area (TPSA) is 45.7 Å². The fourth-order valence-corrected chi connectivity index (χ4v) is 3.80. The molecule has 3 heterocycles. The van der Waals surface area contributed by atoms with Gasteiger partial charge in [0.1, 0.15) is 11.4 Å². The second-order valence-electron chi connectivity index (χ2n) is 8.54. The smallest absolute Gasteiger partial charge is 0.416 e. The number of hydrogen-bond donors (Lipinski definition) is 0. The minimum atomic E-state index is -4.37. The van der Waals surface area contributed by atoms with E-state index in [-0.39, 0.29) is 11.5 Å². The van der Waals surface area contributed by atoms with Gasteiger partial charge in [-0.15, -0.1) is 0 Å². The van der Waals surface area contributed by atoms with Crippen LogP contribution in [0.1, 0.15) is 45.6 Å². The standard InChI is InChI=1S/C19H26F3N3O2/c1-17(2,3)27-16(26)24-9-5-18(6-10-24)7-11-25(13-18)15-12-14(4-8-23-15)19(20,21)22/h4,8,12H,5-7,9-11,13H2,1-3H3. The fourth-order valence-electron chi connectivity index (χ4n) is 3.80. The summed E-state index contributed by atoms with van der Waals surface area (Å²) in [5, 5.41) is 0. The number of amides is 1. The predicted molar refractivity (Wildman–Crippen MR) is 95.5 cm³/mol. The number of pyridine rings is 1. The summed E-state index contributed by atoms with van der Waals surface area (Å²) in [4.78, 5) is 20.0. The zero-order chi connectivity index (χ0) is 19.9. The van der Waals surface area contributed by atoms with Gasteiger partial charge in [0.05, 0.1) is 5.56 Å². The van der Waals surface area contributed by atoms with Crippen LogP contribution in [0.3, 0.4) is 0 Å². The molecule has 2 fully saturated rings. The van der Waals surface area contributed by atoms with Crippen molar-refractivity contribution in [3.63, 3.8) is 0 Å². The average molecular weight is 385 g/mol. The van der Waals surface area contributed by atoms with Crippen molar-refractivity contribution in [2.24, 2.45) is 5.41 Å². The molecule has 1 amide bonds. The molecule has 1 aromatic rings. The second kappa shape index (κ2) is 6.87. The summed E-state index contributed by atoms with van der Waals surface area (Å²) in [6.07, 6.45) is -0.912. The molecule has 1 spiro atoms. The zero-order valence-electron chi connectivity index (χ0n) is 16.0. The van der Waals surface area contributed by atoms with Gasteiger partial charge in [-0.2, -0.15) is 13.2 Å². The number of nitrogens with zero attached hydrogens (tertiary/aromatic N) is 3. The van der Waals surface area contributed by atoms with E-state index in [1.165, 1.54) is 6.20 Å². The lowest BCUT2D eigenvalue weighted by molar-refractivity contribution is -0.137. The van der Waals surface area contributed by atoms with Gasteiger partial charge in [0.2, 0.25) is 0 Å². The van der Waals surface area contributed by atoms with E-state index >= 15 is 0 Å². The van der Waals surface area contributed by atoms with Crippen LogP contribution in [-0.2, 0) is 10.9 Å². The summed E-state index contributed by atoms with van der Waals surface area (Å²) >= 11 is 0. The molecule has 0 aromatic carbocycles. The van der Waals surface area contributed by atoms with E-state index in [0.717, 1.165) is 31.4 Å². The largest absolute Gasteiger partial charge is 0.444 e. The van der Waals surface area contributed by atoms with E-state index in [1.54, 1.807) is 4.90 Å². The second-order valence-corrected chi connectivity index (χ2v) is 8.54. The molecule has 1 aromatic heterocycles. The number of alkyl halides is 3. The lowest BCUT2D eigenvalue weighted by atomic mass is 9.78. The van der Waals surface area contributed by atoms with Crippen molar-refractivity contribution in [1.82, 2.24) is 9.88 Å². The Balaban J connectivity index is 1.61. The summed E-state index contributed by atoms with van der Waals surface area (Å²) in [6.45, 7) is 8.09. The Morgan fingerprint density at radius 3 is 2.37 bits per heavy atom. The van der Waals surface area contributed by atoms with Crippen LogP contribution >= 0.6 is 0 Å². The number of anilines is 1. The van der Waals surface area contributed by atoms with E-state index in [0.29, 0.717) is 32.0 Å². The number of carbonyl (C=O) groups excluding carboxylic acids is 1. The van der Waals surface area contributed by atoms with Crippen molar-refractivity contribution in [2.45, 2.75) is 51.8 Å². The first kappa shape index (κ1) is 19.8. The molecule has 5 nitrogen and oxygen atoms in total. The van der Waals surface area contributed by atoms with E-state index in [9.17, 15) is 18.0 Å². The van der Waals surface area contributed by atoms with Crippen LogP contribution in [0.15, 0.2) is 18.3 Å². The monoisotopic (exact) mass is 385 g/mol. The molecule has 8 heteroatoms. The Hall–Kier alpha value is -1.99. The summed E-state index contributed by atoms with van der Waals surface area (Å²) < 4.78 is 44.3. The van der Waals surface area contributed by atoms with Crippen LogP contribution in [0.4, 0.5) is 23.8 Å². The fraction of sp³-hybridized carbons (Fsp3) is 0.684. The van der Waals surface area contributed by atoms with Crippen LogP contribution in [-0.4, -0.2) is 47.8 Å². The number of halogens is 3. The molecule has 0 radical (unpaired) electrons. The van der Waals surface area contributed by atoms with Gasteiger partial charge in [-0.05, 0) is 57.6 Å². The molecule has 0 unspecified atom stereocenters. The normalized spacial score (nSPS) is 20.2. The van der Waals surface area contributed by atoms with Crippen molar-refractivity contribution in [3.05, 3.63) is 23.9 Å². The van der Waals surface area contributed by atoms with E-state index in [2.05, 4.69) is 4.98 Å². The van der Waals surface area contributed by atoms with Gasteiger partial charge in [-0.25, -0.2) is 9.78 Å². The van der Waals surface area contributed by atoms with Crippen LogP contribution < -0.4 is 4.90 Å². The summed E-state index contributed by atoms with van der Waals surface area (Å²) in [7, 11) is 0. The molecule has 2 saturated heterocycles. The van der Waals surface area contributed by atoms with E-state index in [1.807, 2.05) is 25.7 Å². The molecule has 2 aliphatic heterocycles. The van der Waals surface area contributed by atoms with E-state index < -0.39 is 17.3 Å². The van der Waals surface area contributed by atoms with Crippen LogP contribution in [0.2, 0.25) is 0 Å². The quantitative estimate of drug-likeness (QED) is 0.722. The van der Waals surface area contributed by atoms with E-state index in [4.69, 9.17) is 4.74 Å². The Morgan fingerprint density at radius 2 is 1.78 bits per heavy atom. The van der Waals surface area contributed by atoms with Gasteiger partial charge in [-0.1, -0.05) is 0 Å². The highest BCUT2D eigenvalue weighted by molar-refractivity contribution is 5.68. The molecule has 150 valence electrons. The number of piperidine rings is 1. The molecule has 0 saturated carbocycles. The van der Waals surface area contributed by atoms with Crippen LogP contribution in [0.5, 0.6) is 0 Å². The maximum absolute atomic E-state index is 12.9. The number of carbonyl (C=O) groups is 1. The lowest BCUT2D eigenvalue weighted by Crippen LogP contribution is -2.46. The Morgan fingerprint density at radius 1 is 1.15 bits per heavy atom. The highest BCUT2D eigenvalue weighted by Crippen LogP contribution is 2.42. The van der Waals surface area contributed by atoms with Crippen LogP contribution in [0, 0.1) is 5.41 Å². The molecule has 0 bridgehead atoms. The number of hydrogen-bond acceptors (Lipinski definition) is 4. The number of aromatic nitrogens is 1. The molecule has 0 atom stereocenters. The summed E-state index contributed by atoms with van der Waals surface area (Å²) in [5.74, 6) is 0.372. The number of rotatable bonds is 1. The maximum Gasteiger partial charge on any atom is 0.416 e. The SMILES string of the molecule is CC(C)(C)OC(=O)N1CCC2(CC1)CCN(c1cc(C(F)(F)F)ccn1)C2. The molecule has 27 heavy (non-hydrogen) atoms. The average Bonchev–Trinajstić information content (AvgIpc) is 2.97. The third-order valence-corrected chi connectivity index (χ3v) is 5.31. The minimum Gasteiger partial charge on any atom is -0.444 e.